The van der Waals surface area contributed by atoms with Gasteiger partial charge in [0.25, 0.3) is 0 Å². The second kappa shape index (κ2) is 7.34. The molecule has 3 N–H and O–H groups in total. The van der Waals surface area contributed by atoms with Crippen molar-refractivity contribution < 1.29 is 20.1 Å². The van der Waals surface area contributed by atoms with E-state index in [9.17, 15) is 20.1 Å². The Morgan fingerprint density at radius 3 is 2.29 bits per heavy atom. The third-order valence-corrected chi connectivity index (χ3v) is 13.1. The van der Waals surface area contributed by atoms with Crippen molar-refractivity contribution in [1.29, 1.82) is 0 Å². The fourth-order valence-electron chi connectivity index (χ4n) is 11.2. The van der Waals surface area contributed by atoms with Crippen LogP contribution in [0.25, 0.3) is 0 Å². The fraction of sp³-hybridized carbons (Fsp3) is 0.900. The molecule has 0 spiro atoms. The average Bonchev–Trinajstić information content (AvgIpc) is 2.72. The first kappa shape index (κ1) is 24.8. The van der Waals surface area contributed by atoms with Gasteiger partial charge in [0, 0.05) is 0 Å². The van der Waals surface area contributed by atoms with Crippen LogP contribution in [-0.2, 0) is 4.79 Å². The molecule has 0 heterocycles. The number of carboxylic acids is 1. The van der Waals surface area contributed by atoms with Crippen molar-refractivity contribution in [3.05, 3.63) is 11.6 Å². The number of carboxylic acid groups (broad SMARTS) is 1. The van der Waals surface area contributed by atoms with Gasteiger partial charge in [-0.1, -0.05) is 60.1 Å². The third-order valence-electron chi connectivity index (χ3n) is 13.1. The lowest BCUT2D eigenvalue weighted by Crippen LogP contribution is -2.70. The van der Waals surface area contributed by atoms with Gasteiger partial charge in [-0.25, -0.2) is 0 Å². The number of aliphatic hydroxyl groups is 2. The third kappa shape index (κ3) is 2.76. The Balaban J connectivity index is 1.69. The van der Waals surface area contributed by atoms with E-state index in [-0.39, 0.29) is 28.1 Å². The molecule has 11 atom stereocenters. The number of rotatable bonds is 1. The Kier molecular flexibility index (Phi) is 5.36. The second-order valence-electron chi connectivity index (χ2n) is 14.7. The topological polar surface area (TPSA) is 77.8 Å². The van der Waals surface area contributed by atoms with Gasteiger partial charge in [-0.05, 0) is 103 Å². The van der Waals surface area contributed by atoms with Gasteiger partial charge in [-0.2, -0.15) is 0 Å². The van der Waals surface area contributed by atoms with E-state index in [4.69, 9.17) is 0 Å². The highest BCUT2D eigenvalue weighted by Gasteiger charge is 2.73. The second-order valence-corrected chi connectivity index (χ2v) is 14.7. The van der Waals surface area contributed by atoms with Gasteiger partial charge in [-0.3, -0.25) is 4.79 Å². The summed E-state index contributed by atoms with van der Waals surface area (Å²) in [6, 6.07) is 0. The molecule has 4 fully saturated rings. The van der Waals surface area contributed by atoms with Crippen molar-refractivity contribution in [1.82, 2.24) is 0 Å². The molecular weight excluding hydrogens is 424 g/mol. The van der Waals surface area contributed by atoms with Crippen LogP contribution in [0.5, 0.6) is 0 Å². The summed E-state index contributed by atoms with van der Waals surface area (Å²) in [6.45, 7) is 15.9. The first-order chi connectivity index (χ1) is 15.7. The van der Waals surface area contributed by atoms with Crippen LogP contribution >= 0.6 is 0 Å². The van der Waals surface area contributed by atoms with Gasteiger partial charge in [-0.15, -0.1) is 0 Å². The monoisotopic (exact) mass is 472 g/mol. The van der Waals surface area contributed by atoms with Crippen molar-refractivity contribution in [3.8, 4) is 0 Å². The van der Waals surface area contributed by atoms with Crippen molar-refractivity contribution >= 4 is 5.97 Å². The lowest BCUT2D eigenvalue weighted by atomic mass is 9.32. The highest BCUT2D eigenvalue weighted by Crippen LogP contribution is 2.75. The van der Waals surface area contributed by atoms with Gasteiger partial charge in [0.1, 0.15) is 0 Å². The summed E-state index contributed by atoms with van der Waals surface area (Å²) in [5.74, 6) is 0.901. The summed E-state index contributed by atoms with van der Waals surface area (Å²) in [4.78, 5) is 13.5. The molecular formula is C30H48O4. The highest BCUT2D eigenvalue weighted by molar-refractivity contribution is 5.81. The quantitative estimate of drug-likeness (QED) is 0.405. The van der Waals surface area contributed by atoms with E-state index in [2.05, 4.69) is 54.5 Å². The molecule has 4 heteroatoms. The largest absolute Gasteiger partial charge is 0.481 e. The predicted molar refractivity (Wildman–Crippen MR) is 134 cm³/mol. The van der Waals surface area contributed by atoms with Crippen LogP contribution in [0.15, 0.2) is 11.6 Å². The Morgan fingerprint density at radius 2 is 1.65 bits per heavy atom. The number of aliphatic carboxylic acids is 1. The van der Waals surface area contributed by atoms with E-state index in [0.29, 0.717) is 30.6 Å². The fourth-order valence-corrected chi connectivity index (χ4v) is 11.2. The van der Waals surface area contributed by atoms with E-state index in [0.717, 1.165) is 25.7 Å². The molecule has 4 nitrogen and oxygen atoms in total. The maximum absolute atomic E-state index is 13.5. The standard InChI is InChI=1S/C30H48O4/c1-17-10-12-27(5)14-15-30(25(33)34)19(23(27)18(17)2)8-9-21-28(6)13-11-22(32)26(3,4)24(28)20(31)16-29(21,30)7/h8,17-18,20-24,31-32H,9-16H2,1-7H3,(H,33,34)/t17-,18+,20-,21-,22+,23+,24?,27-,28-,29-,30-/m1/s1. The summed E-state index contributed by atoms with van der Waals surface area (Å²) < 4.78 is 0. The minimum atomic E-state index is -0.902. The summed E-state index contributed by atoms with van der Waals surface area (Å²) >= 11 is 0. The van der Waals surface area contributed by atoms with Crippen molar-refractivity contribution in [2.75, 3.05) is 0 Å². The molecule has 0 aromatic heterocycles. The molecule has 0 bridgehead atoms. The SMILES string of the molecule is C[C@H]1[C@H](C)CC[C@]2(C)CC[C@]3(C(=O)O)C(=CC[C@@H]4[C@@]5(C)CC[C@H](O)C(C)(C)C5[C@H](O)C[C@]43C)[C@H]12. The maximum Gasteiger partial charge on any atom is 0.314 e. The molecule has 192 valence electrons. The summed E-state index contributed by atoms with van der Waals surface area (Å²) in [7, 11) is 0. The molecule has 0 amide bonds. The Bertz CT molecular complexity index is 907. The molecule has 5 aliphatic rings. The number of hydrogen-bond donors (Lipinski definition) is 3. The molecule has 1 unspecified atom stereocenters. The molecule has 5 rings (SSSR count). The van der Waals surface area contributed by atoms with Gasteiger partial charge in [0.05, 0.1) is 17.6 Å². The van der Waals surface area contributed by atoms with Crippen LogP contribution < -0.4 is 0 Å². The summed E-state index contributed by atoms with van der Waals surface area (Å²) in [5, 5.41) is 33.8. The Hall–Kier alpha value is -0.870. The smallest absolute Gasteiger partial charge is 0.314 e. The van der Waals surface area contributed by atoms with Gasteiger partial charge < -0.3 is 15.3 Å². The molecule has 0 saturated heterocycles. The zero-order chi connectivity index (χ0) is 25.1. The lowest BCUT2D eigenvalue weighted by molar-refractivity contribution is -0.245. The number of carbonyl (C=O) groups is 1. The van der Waals surface area contributed by atoms with E-state index in [1.807, 2.05) is 0 Å². The first-order valence-electron chi connectivity index (χ1n) is 14.0. The molecule has 0 aromatic rings. The first-order valence-corrected chi connectivity index (χ1v) is 14.0. The van der Waals surface area contributed by atoms with Gasteiger partial charge >= 0.3 is 5.97 Å². The number of aliphatic hydroxyl groups excluding tert-OH is 2. The Morgan fingerprint density at radius 1 is 0.971 bits per heavy atom. The van der Waals surface area contributed by atoms with E-state index >= 15 is 0 Å². The highest BCUT2D eigenvalue weighted by atomic mass is 16.4. The van der Waals surface area contributed by atoms with Gasteiger partial charge in [0.15, 0.2) is 0 Å². The number of fused-ring (bicyclic) bond motifs is 7. The van der Waals surface area contributed by atoms with E-state index < -0.39 is 29.0 Å². The van der Waals surface area contributed by atoms with E-state index in [1.54, 1.807) is 0 Å². The Labute approximate surface area is 206 Å². The summed E-state index contributed by atoms with van der Waals surface area (Å²) in [5.41, 5.74) is -0.584. The number of allylic oxidation sites excluding steroid dienone is 1. The van der Waals surface area contributed by atoms with Crippen LogP contribution in [-0.4, -0.2) is 33.5 Å². The van der Waals surface area contributed by atoms with Crippen LogP contribution in [0.2, 0.25) is 0 Å². The maximum atomic E-state index is 13.5. The van der Waals surface area contributed by atoms with Crippen molar-refractivity contribution in [3.63, 3.8) is 0 Å². The van der Waals surface area contributed by atoms with Crippen LogP contribution in [0.1, 0.15) is 99.8 Å². The molecule has 4 saturated carbocycles. The van der Waals surface area contributed by atoms with Crippen LogP contribution in [0.3, 0.4) is 0 Å². The molecule has 5 aliphatic carbocycles. The van der Waals surface area contributed by atoms with Crippen molar-refractivity contribution in [2.45, 2.75) is 112 Å². The normalized spacial score (nSPS) is 56.3. The van der Waals surface area contributed by atoms with Gasteiger partial charge in [0.2, 0.25) is 0 Å². The van der Waals surface area contributed by atoms with Crippen LogP contribution in [0.4, 0.5) is 0 Å². The van der Waals surface area contributed by atoms with Crippen LogP contribution in [0, 0.1) is 56.7 Å². The lowest BCUT2D eigenvalue weighted by Gasteiger charge is -2.71. The molecule has 34 heavy (non-hydrogen) atoms. The minimum Gasteiger partial charge on any atom is -0.481 e. The zero-order valence-electron chi connectivity index (χ0n) is 22.5. The molecule has 0 radical (unpaired) electrons. The predicted octanol–water partition coefficient (Wildman–Crippen LogP) is 6.06. The zero-order valence-corrected chi connectivity index (χ0v) is 22.5. The number of hydrogen-bond acceptors (Lipinski definition) is 3. The molecule has 0 aliphatic heterocycles. The van der Waals surface area contributed by atoms with Crippen molar-refractivity contribution in [2.24, 2.45) is 56.7 Å². The summed E-state index contributed by atoms with van der Waals surface area (Å²) in [6.07, 6.45) is 8.44. The minimum absolute atomic E-state index is 0.0231. The van der Waals surface area contributed by atoms with E-state index in [1.165, 1.54) is 18.4 Å². The average molecular weight is 473 g/mol. The molecule has 0 aromatic carbocycles.